The molecule has 147 heavy (non-hydrogen) atoms. The number of nitrogens with zero attached hydrogens (tertiary/aromatic N) is 11. The number of rotatable bonds is 28. The number of sulfone groups is 4. The Hall–Kier alpha value is -15.2. The quantitative estimate of drug-likeness (QED) is 0.0304. The lowest BCUT2D eigenvalue weighted by Crippen LogP contribution is -2.14. The Morgan fingerprint density at radius 3 is 1.01 bits per heavy atom. The second kappa shape index (κ2) is 50.1. The highest BCUT2D eigenvalue weighted by molar-refractivity contribution is 7.91. The molecule has 0 saturated carbocycles. The van der Waals surface area contributed by atoms with Crippen molar-refractivity contribution in [3.05, 3.63) is 422 Å². The summed E-state index contributed by atoms with van der Waals surface area (Å²) < 4.78 is 115. The van der Waals surface area contributed by atoms with Gasteiger partial charge in [-0.25, -0.2) is 33.7 Å². The number of methoxy groups -OCH3 is 1. The molecule has 2 atom stereocenters. The number of ether oxygens (including phenoxy) is 1. The van der Waals surface area contributed by atoms with Crippen LogP contribution in [0.5, 0.6) is 5.75 Å². The first kappa shape index (κ1) is 109. The standard InChI is InChI=1S/C22H18ClN5O3S.C22H18ClN5O2S.C21H19ClN2O4S.C21H19ClN2O3S.C20H17ClN2O3S/c1-28-14-25-27-22(28)32(30,31)13-15-5-7-16(8-6-15)21(29)26-17-9-10-19(23)18(12-17)20-4-2-3-11-24-20;1-28-14-25-27-22(28)31(30)13-15-5-7-16(8-6-15)21(29)26-17-9-10-19(23)18(12-17)20-4-2-3-11-24-20;1-28-20-11-14(13-29(2,26)27)6-8-16(20)21(25)24-15-7-9-18(22)17(12-15)19-5-3-4-10-23-19;1-14(28(2,26)27)15-6-8-16(9-7-15)21(25)24-17-10-11-19(22)18(13-17)20-5-3-4-12-23-20;1-27(25,26)13-14-5-4-6-15(11-14)20(24)23-16-8-9-18(21)17(12-16)19-7-2-3-10-22-19/h2-12,14H,13H2,1H3,(H,26,29);2-12,14H,13H2,1H3,(H,26,29);3-12H,13H2,1-2H3,(H,24,25);3-14H,1-2H3,(H,24,25);2-12H,13H2,1H3,(H,23,24). The van der Waals surface area contributed by atoms with Gasteiger partial charge < -0.3 is 40.5 Å². The van der Waals surface area contributed by atoms with Gasteiger partial charge in [-0.3, -0.25) is 53.1 Å². The number of halogens is 5. The molecule has 41 heteroatoms. The predicted octanol–water partition coefficient (Wildman–Crippen LogP) is 21.0. The molecule has 5 amide bonds. The van der Waals surface area contributed by atoms with Crippen LogP contribution in [0.25, 0.3) is 56.3 Å². The number of hydrogen-bond donors (Lipinski definition) is 5. The van der Waals surface area contributed by atoms with Crippen LogP contribution >= 0.6 is 58.0 Å². The molecule has 0 spiro atoms. The number of aromatic nitrogens is 11. The largest absolute Gasteiger partial charge is 0.496 e. The molecular weight excluding hydrogens is 2070 g/mol. The number of anilines is 5. The Balaban J connectivity index is 0.000000154. The van der Waals surface area contributed by atoms with Crippen molar-refractivity contribution in [1.82, 2.24) is 54.4 Å². The average Bonchev–Trinajstić information content (AvgIpc) is 1.71. The molecule has 0 saturated heterocycles. The van der Waals surface area contributed by atoms with Crippen LogP contribution in [-0.4, -0.2) is 148 Å². The maximum absolute atomic E-state index is 12.8. The van der Waals surface area contributed by atoms with Crippen LogP contribution in [0.15, 0.2) is 351 Å². The summed E-state index contributed by atoms with van der Waals surface area (Å²) in [5.41, 5.74) is 15.1. The fourth-order valence-corrected chi connectivity index (χ4v) is 20.1. The molecule has 750 valence electrons. The normalized spacial score (nSPS) is 11.6. The number of pyridine rings is 5. The van der Waals surface area contributed by atoms with Gasteiger partial charge in [0, 0.05) is 142 Å². The minimum Gasteiger partial charge on any atom is -0.496 e. The van der Waals surface area contributed by atoms with Crippen molar-refractivity contribution in [1.29, 1.82) is 0 Å². The number of hydrogen-bond acceptors (Lipinski definition) is 24. The first-order chi connectivity index (χ1) is 70.2. The van der Waals surface area contributed by atoms with Crippen LogP contribution in [-0.2, 0) is 87.3 Å². The van der Waals surface area contributed by atoms with Crippen LogP contribution in [0.3, 0.4) is 0 Å². The van der Waals surface area contributed by atoms with Crippen molar-refractivity contribution in [3.8, 4) is 62.0 Å². The number of benzene rings is 10. The molecule has 0 fully saturated rings. The summed E-state index contributed by atoms with van der Waals surface area (Å²) >= 11 is 31.4. The molecular formula is C106H91Cl5N16O15S5. The van der Waals surface area contributed by atoms with E-state index in [9.17, 15) is 61.9 Å². The van der Waals surface area contributed by atoms with Gasteiger partial charge in [-0.05, 0) is 247 Å². The first-order valence-corrected chi connectivity index (χ1v) is 55.1. The Morgan fingerprint density at radius 1 is 0.354 bits per heavy atom. The summed E-state index contributed by atoms with van der Waals surface area (Å²) in [5, 5.41) is 31.4. The second-order valence-electron chi connectivity index (χ2n) is 32.9. The van der Waals surface area contributed by atoms with Crippen LogP contribution < -0.4 is 31.3 Å². The molecule has 0 radical (unpaired) electrons. The second-order valence-corrected chi connectivity index (χ2v) is 44.8. The predicted molar refractivity (Wildman–Crippen MR) is 575 cm³/mol. The summed E-state index contributed by atoms with van der Waals surface area (Å²) in [6, 6.07) is 84.6. The lowest BCUT2D eigenvalue weighted by Gasteiger charge is -2.12. The zero-order chi connectivity index (χ0) is 105. The highest BCUT2D eigenvalue weighted by atomic mass is 35.5. The minimum absolute atomic E-state index is 0.106. The molecule has 7 aromatic heterocycles. The van der Waals surface area contributed by atoms with E-state index in [1.165, 1.54) is 30.6 Å². The summed E-state index contributed by atoms with van der Waals surface area (Å²) in [5.74, 6) is -1.51. The molecule has 31 nitrogen and oxygen atoms in total. The maximum Gasteiger partial charge on any atom is 0.259 e. The average molecular weight is 2170 g/mol. The third kappa shape index (κ3) is 31.2. The minimum atomic E-state index is -3.65. The van der Waals surface area contributed by atoms with Gasteiger partial charge in [0.25, 0.3) is 29.5 Å². The number of aryl methyl sites for hydroxylation is 2. The van der Waals surface area contributed by atoms with E-state index in [4.69, 9.17) is 62.7 Å². The number of carbonyl (C=O) groups excluding carboxylic acids is 5. The van der Waals surface area contributed by atoms with Crippen molar-refractivity contribution < 1.29 is 66.6 Å². The molecule has 0 aliphatic heterocycles. The van der Waals surface area contributed by atoms with Gasteiger partial charge in [0.1, 0.15) is 18.4 Å². The zero-order valence-corrected chi connectivity index (χ0v) is 87.1. The number of nitrogens with one attached hydrogen (secondary N) is 5. The number of amides is 5. The monoisotopic (exact) mass is 2160 g/mol. The first-order valence-electron chi connectivity index (χ1n) is 44.2. The molecule has 5 N–H and O–H groups in total. The molecule has 2 unspecified atom stereocenters. The van der Waals surface area contributed by atoms with Gasteiger partial charge in [-0.2, -0.15) is 0 Å². The van der Waals surface area contributed by atoms with E-state index in [1.807, 2.05) is 91.0 Å². The summed E-state index contributed by atoms with van der Waals surface area (Å²) in [7, 11) is -9.78. The van der Waals surface area contributed by atoms with E-state index in [-0.39, 0.29) is 52.0 Å². The molecule has 0 aliphatic rings. The van der Waals surface area contributed by atoms with E-state index >= 15 is 0 Å². The maximum atomic E-state index is 12.8. The van der Waals surface area contributed by atoms with Crippen LogP contribution in [0, 0.1) is 0 Å². The smallest absolute Gasteiger partial charge is 0.259 e. The van der Waals surface area contributed by atoms with Gasteiger partial charge in [0.05, 0.1) is 105 Å². The van der Waals surface area contributed by atoms with E-state index in [0.29, 0.717) is 160 Å². The number of carbonyl (C=O) groups is 5. The molecule has 0 bridgehead atoms. The molecule has 17 aromatic rings. The van der Waals surface area contributed by atoms with E-state index in [1.54, 1.807) is 263 Å². The fourth-order valence-electron chi connectivity index (χ4n) is 14.2. The van der Waals surface area contributed by atoms with Crippen molar-refractivity contribution in [2.45, 2.75) is 45.5 Å². The molecule has 17 rings (SSSR count). The molecule has 10 aromatic carbocycles. The van der Waals surface area contributed by atoms with Crippen molar-refractivity contribution in [3.63, 3.8) is 0 Å². The van der Waals surface area contributed by atoms with Gasteiger partial charge in [-0.1, -0.05) is 143 Å². The Labute approximate surface area is 875 Å². The molecule has 7 heterocycles. The van der Waals surface area contributed by atoms with Gasteiger partial charge in [-0.15, -0.1) is 20.4 Å². The van der Waals surface area contributed by atoms with Gasteiger partial charge in [0.2, 0.25) is 20.2 Å². The van der Waals surface area contributed by atoms with Crippen molar-refractivity contribution in [2.24, 2.45) is 14.1 Å². The third-order valence-electron chi connectivity index (χ3n) is 21.6. The Kier molecular flexibility index (Phi) is 37.1. The highest BCUT2D eigenvalue weighted by Gasteiger charge is 2.25. The van der Waals surface area contributed by atoms with Gasteiger partial charge in [0.15, 0.2) is 29.5 Å². The fraction of sp³-hybridized carbons (Fsp3) is 0.113. The molecule has 0 aliphatic carbocycles. The Morgan fingerprint density at radius 2 is 0.687 bits per heavy atom. The van der Waals surface area contributed by atoms with E-state index < -0.39 is 55.4 Å². The van der Waals surface area contributed by atoms with Crippen LogP contribution in [0.1, 0.15) is 91.8 Å². The lowest BCUT2D eigenvalue weighted by atomic mass is 10.1. The van der Waals surface area contributed by atoms with Crippen LogP contribution in [0.2, 0.25) is 25.1 Å². The van der Waals surface area contributed by atoms with Gasteiger partial charge >= 0.3 is 0 Å². The van der Waals surface area contributed by atoms with Crippen LogP contribution in [0.4, 0.5) is 28.4 Å². The SMILES string of the molecule is CC(c1ccc(C(=O)Nc2ccc(Cl)c(-c3ccccn3)c2)cc1)S(C)(=O)=O.COc1cc(CS(C)(=O)=O)ccc1C(=O)Nc1ccc(Cl)c(-c2ccccn2)c1.CS(=O)(=O)Cc1cccc(C(=O)Nc2ccc(Cl)c(-c3ccccn3)c2)c1.Cn1cnnc1S(=O)(=O)Cc1ccc(C(=O)Nc2ccc(Cl)c(-c3ccccn3)c2)cc1.Cn1cnnc1S(=O)Cc1ccc(C(=O)Nc2ccc(Cl)c(-c3ccccn3)c2)cc1. The van der Waals surface area contributed by atoms with E-state index in [0.717, 1.165) is 34.9 Å². The summed E-state index contributed by atoms with van der Waals surface area (Å²) in [4.78, 5) is 84.7. The summed E-state index contributed by atoms with van der Waals surface area (Å²) in [6.45, 7) is 1.62. The van der Waals surface area contributed by atoms with Crippen molar-refractivity contribution in [2.75, 3.05) is 52.5 Å². The highest BCUT2D eigenvalue weighted by Crippen LogP contribution is 2.37. The topological polar surface area (TPSA) is 434 Å². The van der Waals surface area contributed by atoms with E-state index in [2.05, 4.69) is 71.9 Å². The summed E-state index contributed by atoms with van der Waals surface area (Å²) in [6.07, 6.45) is 14.7. The van der Waals surface area contributed by atoms with Crippen molar-refractivity contribution >= 4 is 166 Å². The zero-order valence-electron chi connectivity index (χ0n) is 79.2. The third-order valence-corrected chi connectivity index (χ3v) is 29.5. The lowest BCUT2D eigenvalue weighted by molar-refractivity contribution is 0.101. The Bertz CT molecular complexity index is 8150.